The van der Waals surface area contributed by atoms with Crippen LogP contribution in [0.25, 0.3) is 0 Å². The van der Waals surface area contributed by atoms with Crippen molar-refractivity contribution in [1.29, 1.82) is 0 Å². The summed E-state index contributed by atoms with van der Waals surface area (Å²) in [5, 5.41) is 20.1. The number of aliphatic hydroxyl groups is 2. The largest absolute Gasteiger partial charge is 0.388 e. The molecule has 0 saturated carbocycles. The van der Waals surface area contributed by atoms with Crippen molar-refractivity contribution in [3.8, 4) is 0 Å². The molecule has 0 aromatic rings. The number of aliphatic hydroxyl groups excluding tert-OH is 2. The molecule has 2 radical (unpaired) electrons. The fraction of sp³-hybridized carbons (Fsp3) is 0.800. The zero-order valence-electron chi connectivity index (χ0n) is 6.19. The maximum absolute atomic E-state index is 10.5. The number of rotatable bonds is 0. The van der Waals surface area contributed by atoms with Crippen LogP contribution in [0.3, 0.4) is 0 Å². The molecule has 0 aromatic carbocycles. The number of amides is 1. The van der Waals surface area contributed by atoms with Gasteiger partial charge in [0.15, 0.2) is 6.10 Å². The fourth-order valence-electron chi connectivity index (χ4n) is 0.824. The van der Waals surface area contributed by atoms with Gasteiger partial charge >= 0.3 is 0 Å². The summed E-state index contributed by atoms with van der Waals surface area (Å²) in [6.45, 7) is 1.64. The first-order valence-corrected chi connectivity index (χ1v) is 2.79. The average molecular weight is 585 g/mol. The normalized spacial score (nSPS) is 35.2. The van der Waals surface area contributed by atoms with Crippen molar-refractivity contribution in [2.75, 3.05) is 0 Å². The van der Waals surface area contributed by atoms with Crippen LogP contribution in [0.1, 0.15) is 6.92 Å². The smallest absolute Gasteiger partial charge is 0.251 e. The van der Waals surface area contributed by atoms with E-state index in [9.17, 15) is 4.79 Å². The van der Waals surface area contributed by atoms with Crippen LogP contribution in [0.4, 0.5) is 0 Å². The van der Waals surface area contributed by atoms with Gasteiger partial charge in [0.2, 0.25) is 0 Å². The molecule has 11 heavy (non-hydrogen) atoms. The van der Waals surface area contributed by atoms with E-state index in [1.54, 1.807) is 6.92 Å². The van der Waals surface area contributed by atoms with Crippen LogP contribution in [0.5, 0.6) is 0 Å². The van der Waals surface area contributed by atoms with Crippen LogP contribution in [0.2, 0.25) is 0 Å². The molecule has 4 nitrogen and oxygen atoms in total. The number of carbonyl (C=O) groups excluding carboxylic acids is 1. The van der Waals surface area contributed by atoms with Gasteiger partial charge in [-0.2, -0.15) is 0 Å². The first-order chi connectivity index (χ1) is 4.13. The van der Waals surface area contributed by atoms with Crippen LogP contribution < -0.4 is 5.32 Å². The average Bonchev–Trinajstić information content (AvgIpc) is 1.98. The van der Waals surface area contributed by atoms with Crippen LogP contribution >= 0.6 is 0 Å². The Morgan fingerprint density at radius 1 is 1.36 bits per heavy atom. The van der Waals surface area contributed by atoms with Gasteiger partial charge < -0.3 is 15.5 Å². The molecule has 1 aliphatic rings. The zero-order chi connectivity index (χ0) is 7.02. The molecular weight excluding hydrogens is 576 g/mol. The van der Waals surface area contributed by atoms with Crippen LogP contribution in [-0.4, -0.2) is 34.4 Å². The van der Waals surface area contributed by atoms with E-state index in [1.807, 2.05) is 0 Å². The summed E-state index contributed by atoms with van der Waals surface area (Å²) in [5.74, 6) is -0.491. The van der Waals surface area contributed by atoms with Gasteiger partial charge in [0.25, 0.3) is 5.91 Å². The Labute approximate surface area is 137 Å². The molecule has 3 atom stereocenters. The Balaban J connectivity index is 0. The molecule has 1 amide bonds. The minimum Gasteiger partial charge on any atom is -0.388 e. The fourth-order valence-corrected chi connectivity index (χ4v) is 0.824. The third kappa shape index (κ3) is 3.88. The van der Waals surface area contributed by atoms with E-state index in [1.165, 1.54) is 0 Å². The third-order valence-corrected chi connectivity index (χ3v) is 1.47. The minimum absolute atomic E-state index is 0. The standard InChI is InChI=1S/C5H9NO3.2Ac/c1-2-3(7)4(8)5(9)6-2;;/h2-4,7-8H,1H3,(H,6,9);;. The summed E-state index contributed by atoms with van der Waals surface area (Å²) >= 11 is 0. The summed E-state index contributed by atoms with van der Waals surface area (Å²) in [6, 6.07) is -0.326. The van der Waals surface area contributed by atoms with Gasteiger partial charge in [-0.15, -0.1) is 0 Å². The van der Waals surface area contributed by atoms with E-state index in [4.69, 9.17) is 10.2 Å². The maximum Gasteiger partial charge on any atom is 0.251 e. The van der Waals surface area contributed by atoms with Crippen molar-refractivity contribution in [3.63, 3.8) is 0 Å². The van der Waals surface area contributed by atoms with Crippen LogP contribution in [0.15, 0.2) is 0 Å². The monoisotopic (exact) mass is 585 g/mol. The maximum atomic E-state index is 10.5. The predicted octanol–water partition coefficient (Wildman–Crippen LogP) is -1.77. The van der Waals surface area contributed by atoms with Crippen molar-refractivity contribution >= 4 is 5.91 Å². The van der Waals surface area contributed by atoms with E-state index in [-0.39, 0.29) is 94.2 Å². The topological polar surface area (TPSA) is 69.6 Å². The first-order valence-electron chi connectivity index (χ1n) is 2.79. The summed E-state index contributed by atoms with van der Waals surface area (Å²) < 4.78 is 0. The molecular formula is C5H9Ac2NO3. The van der Waals surface area contributed by atoms with Crippen molar-refractivity contribution in [1.82, 2.24) is 5.32 Å². The van der Waals surface area contributed by atoms with E-state index < -0.39 is 18.1 Å². The first kappa shape index (κ1) is 15.7. The minimum atomic E-state index is -1.24. The third-order valence-electron chi connectivity index (χ3n) is 1.47. The molecule has 1 fully saturated rings. The Morgan fingerprint density at radius 2 is 1.82 bits per heavy atom. The van der Waals surface area contributed by atoms with Gasteiger partial charge in [0.05, 0.1) is 6.04 Å². The van der Waals surface area contributed by atoms with E-state index in [0.29, 0.717) is 0 Å². The molecule has 6 heteroatoms. The predicted molar refractivity (Wildman–Crippen MR) is 29.6 cm³/mol. The Bertz CT molecular complexity index is 144. The van der Waals surface area contributed by atoms with E-state index in [2.05, 4.69) is 5.32 Å². The summed E-state index contributed by atoms with van der Waals surface area (Å²) in [6.07, 6.45) is -2.18. The van der Waals surface area contributed by atoms with Crippen molar-refractivity contribution in [3.05, 3.63) is 0 Å². The number of carbonyl (C=O) groups is 1. The van der Waals surface area contributed by atoms with Gasteiger partial charge in [0.1, 0.15) is 6.10 Å². The van der Waals surface area contributed by atoms with Gasteiger partial charge in [0, 0.05) is 88.1 Å². The Hall–Kier alpha value is 2.27. The summed E-state index contributed by atoms with van der Waals surface area (Å²) in [7, 11) is 0. The quantitative estimate of drug-likeness (QED) is 0.316. The molecule has 0 aromatic heterocycles. The van der Waals surface area contributed by atoms with Crippen molar-refractivity contribution < 1.29 is 103 Å². The SMILES string of the molecule is CC1NC(=O)C(O)C1O.[Ac].[Ac]. The van der Waals surface area contributed by atoms with Gasteiger partial charge in [-0.05, 0) is 6.92 Å². The van der Waals surface area contributed by atoms with E-state index >= 15 is 0 Å². The molecule has 0 bridgehead atoms. The number of nitrogens with one attached hydrogen (secondary N) is 1. The molecule has 1 heterocycles. The second-order valence-electron chi connectivity index (χ2n) is 2.23. The second-order valence-corrected chi connectivity index (χ2v) is 2.23. The van der Waals surface area contributed by atoms with Gasteiger partial charge in [-0.1, -0.05) is 0 Å². The van der Waals surface area contributed by atoms with Crippen LogP contribution in [-0.2, 0) is 4.79 Å². The zero-order valence-corrected chi connectivity index (χ0v) is 15.7. The Morgan fingerprint density at radius 3 is 1.91 bits per heavy atom. The molecule has 1 rings (SSSR count). The van der Waals surface area contributed by atoms with Crippen molar-refractivity contribution in [2.45, 2.75) is 25.2 Å². The molecule has 0 aliphatic carbocycles. The summed E-state index contributed by atoms with van der Waals surface area (Å²) in [5.41, 5.74) is 0. The van der Waals surface area contributed by atoms with E-state index in [0.717, 1.165) is 0 Å². The van der Waals surface area contributed by atoms with Crippen molar-refractivity contribution in [2.24, 2.45) is 0 Å². The molecule has 1 saturated heterocycles. The number of hydrogen-bond acceptors (Lipinski definition) is 3. The number of hydrogen-bond donors (Lipinski definition) is 3. The second kappa shape index (κ2) is 6.69. The van der Waals surface area contributed by atoms with Crippen LogP contribution in [0, 0.1) is 88.1 Å². The molecule has 3 N–H and O–H groups in total. The van der Waals surface area contributed by atoms with Gasteiger partial charge in [-0.3, -0.25) is 4.79 Å². The molecule has 0 spiro atoms. The Kier molecular flexibility index (Phi) is 9.56. The summed E-state index contributed by atoms with van der Waals surface area (Å²) in [4.78, 5) is 10.5. The molecule has 1 aliphatic heterocycles. The molecule has 58 valence electrons. The molecule has 3 unspecified atom stereocenters. The van der Waals surface area contributed by atoms with Gasteiger partial charge in [-0.25, -0.2) is 0 Å².